The molecule has 1 unspecified atom stereocenters. The van der Waals surface area contributed by atoms with Crippen molar-refractivity contribution in [1.82, 2.24) is 5.32 Å². The van der Waals surface area contributed by atoms with E-state index in [0.29, 0.717) is 0 Å². The summed E-state index contributed by atoms with van der Waals surface area (Å²) < 4.78 is 6.45. The Kier molecular flexibility index (Phi) is 3.32. The van der Waals surface area contributed by atoms with Crippen LogP contribution in [0.2, 0.25) is 0 Å². The second kappa shape index (κ2) is 5.13. The van der Waals surface area contributed by atoms with Gasteiger partial charge in [0.2, 0.25) is 0 Å². The topological polar surface area (TPSA) is 42.2 Å². The number of benzene rings is 1. The van der Waals surface area contributed by atoms with Crippen LogP contribution in [0, 0.1) is 6.92 Å². The van der Waals surface area contributed by atoms with E-state index in [1.165, 1.54) is 11.3 Å². The lowest BCUT2D eigenvalue weighted by molar-refractivity contribution is 0.0939. The highest BCUT2D eigenvalue weighted by atomic mass is 32.1. The number of amides is 1. The maximum atomic E-state index is 12.4. The summed E-state index contributed by atoms with van der Waals surface area (Å²) in [5, 5.41) is 4.12. The highest BCUT2D eigenvalue weighted by Gasteiger charge is 2.18. The van der Waals surface area contributed by atoms with Crippen molar-refractivity contribution in [3.63, 3.8) is 0 Å². The van der Waals surface area contributed by atoms with Crippen LogP contribution in [0.1, 0.15) is 34.0 Å². The molecule has 0 spiro atoms. The molecular formula is C16H15NO2S. The lowest BCUT2D eigenvalue weighted by Crippen LogP contribution is -2.26. The van der Waals surface area contributed by atoms with Crippen LogP contribution in [-0.4, -0.2) is 5.91 Å². The maximum Gasteiger partial charge on any atom is 0.262 e. The van der Waals surface area contributed by atoms with Crippen molar-refractivity contribution in [2.45, 2.75) is 19.9 Å². The van der Waals surface area contributed by atoms with Crippen molar-refractivity contribution in [2.75, 3.05) is 0 Å². The van der Waals surface area contributed by atoms with E-state index < -0.39 is 0 Å². The molecule has 0 bridgehead atoms. The molecule has 1 aromatic carbocycles. The van der Waals surface area contributed by atoms with Gasteiger partial charge < -0.3 is 9.73 Å². The van der Waals surface area contributed by atoms with Gasteiger partial charge in [0.05, 0.1) is 17.2 Å². The molecule has 0 aliphatic carbocycles. The molecule has 1 N–H and O–H groups in total. The monoisotopic (exact) mass is 285 g/mol. The molecule has 2 aromatic heterocycles. The van der Waals surface area contributed by atoms with Gasteiger partial charge in [0.1, 0.15) is 5.76 Å². The Morgan fingerprint density at radius 3 is 2.75 bits per heavy atom. The number of hydrogen-bond donors (Lipinski definition) is 1. The standard InChI is InChI=1S/C16H15NO2S/c1-10-12-6-3-4-8-14(12)20-15(10)16(18)17-11(2)13-7-5-9-19-13/h3-9,11H,1-2H3,(H,17,18). The Balaban J connectivity index is 1.87. The third kappa shape index (κ3) is 2.23. The number of hydrogen-bond acceptors (Lipinski definition) is 3. The van der Waals surface area contributed by atoms with Gasteiger partial charge in [-0.05, 0) is 43.0 Å². The number of aryl methyl sites for hydroxylation is 1. The van der Waals surface area contributed by atoms with Gasteiger partial charge in [-0.25, -0.2) is 0 Å². The molecule has 0 aliphatic heterocycles. The molecule has 3 nitrogen and oxygen atoms in total. The van der Waals surface area contributed by atoms with Gasteiger partial charge in [-0.1, -0.05) is 18.2 Å². The normalized spacial score (nSPS) is 12.5. The Morgan fingerprint density at radius 2 is 2.05 bits per heavy atom. The van der Waals surface area contributed by atoms with Crippen molar-refractivity contribution in [3.8, 4) is 0 Å². The van der Waals surface area contributed by atoms with Crippen LogP contribution in [0.15, 0.2) is 47.1 Å². The van der Waals surface area contributed by atoms with E-state index in [-0.39, 0.29) is 11.9 Å². The number of carbonyl (C=O) groups excluding carboxylic acids is 1. The van der Waals surface area contributed by atoms with Crippen molar-refractivity contribution in [2.24, 2.45) is 0 Å². The van der Waals surface area contributed by atoms with Crippen LogP contribution in [0.4, 0.5) is 0 Å². The van der Waals surface area contributed by atoms with E-state index in [1.807, 2.05) is 50.2 Å². The Morgan fingerprint density at radius 1 is 1.25 bits per heavy atom. The van der Waals surface area contributed by atoms with Crippen LogP contribution in [0.3, 0.4) is 0 Å². The molecule has 3 rings (SSSR count). The molecule has 0 saturated carbocycles. The highest BCUT2D eigenvalue weighted by Crippen LogP contribution is 2.30. The fourth-order valence-electron chi connectivity index (χ4n) is 2.26. The largest absolute Gasteiger partial charge is 0.467 e. The van der Waals surface area contributed by atoms with Crippen LogP contribution >= 0.6 is 11.3 Å². The van der Waals surface area contributed by atoms with Crippen molar-refractivity contribution in [3.05, 3.63) is 58.9 Å². The van der Waals surface area contributed by atoms with E-state index in [1.54, 1.807) is 6.26 Å². The van der Waals surface area contributed by atoms with Gasteiger partial charge in [-0.15, -0.1) is 11.3 Å². The molecule has 3 aromatic rings. The van der Waals surface area contributed by atoms with E-state index >= 15 is 0 Å². The average molecular weight is 285 g/mol. The second-order valence-corrected chi connectivity index (χ2v) is 5.82. The minimum Gasteiger partial charge on any atom is -0.467 e. The summed E-state index contributed by atoms with van der Waals surface area (Å²) in [5.41, 5.74) is 1.04. The van der Waals surface area contributed by atoms with Crippen LogP contribution in [0.5, 0.6) is 0 Å². The lowest BCUT2D eigenvalue weighted by atomic mass is 10.1. The molecule has 0 fully saturated rings. The van der Waals surface area contributed by atoms with Crippen LogP contribution < -0.4 is 5.32 Å². The summed E-state index contributed by atoms with van der Waals surface area (Å²) in [6.07, 6.45) is 1.61. The fourth-order valence-corrected chi connectivity index (χ4v) is 3.37. The average Bonchev–Trinajstić information content (AvgIpc) is 3.07. The number of carbonyl (C=O) groups is 1. The highest BCUT2D eigenvalue weighted by molar-refractivity contribution is 7.21. The molecule has 102 valence electrons. The first-order chi connectivity index (χ1) is 9.66. The summed E-state index contributed by atoms with van der Waals surface area (Å²) in [6.45, 7) is 3.91. The molecular weight excluding hydrogens is 270 g/mol. The number of thiophene rings is 1. The van der Waals surface area contributed by atoms with Gasteiger partial charge in [0.25, 0.3) is 5.91 Å². The Bertz CT molecular complexity index is 743. The van der Waals surface area contributed by atoms with E-state index in [4.69, 9.17) is 4.42 Å². The summed E-state index contributed by atoms with van der Waals surface area (Å²) in [6, 6.07) is 11.6. The molecule has 0 radical (unpaired) electrons. The minimum absolute atomic E-state index is 0.0485. The van der Waals surface area contributed by atoms with Gasteiger partial charge in [-0.2, -0.15) is 0 Å². The first-order valence-electron chi connectivity index (χ1n) is 6.49. The molecule has 1 amide bonds. The molecule has 0 saturated heterocycles. The molecule has 1 atom stereocenters. The Hall–Kier alpha value is -2.07. The summed E-state index contributed by atoms with van der Waals surface area (Å²) in [4.78, 5) is 13.2. The van der Waals surface area contributed by atoms with Gasteiger partial charge in [-0.3, -0.25) is 4.79 Å². The summed E-state index contributed by atoms with van der Waals surface area (Å²) in [7, 11) is 0. The predicted octanol–water partition coefficient (Wildman–Crippen LogP) is 4.29. The first kappa shape index (κ1) is 12.9. The molecule has 4 heteroatoms. The SMILES string of the molecule is Cc1c(C(=O)NC(C)c2ccco2)sc2ccccc12. The third-order valence-corrected chi connectivity index (χ3v) is 4.64. The van der Waals surface area contributed by atoms with Gasteiger partial charge in [0, 0.05) is 4.70 Å². The zero-order valence-corrected chi connectivity index (χ0v) is 12.2. The summed E-state index contributed by atoms with van der Waals surface area (Å²) in [5.74, 6) is 0.713. The van der Waals surface area contributed by atoms with Crippen molar-refractivity contribution < 1.29 is 9.21 Å². The van der Waals surface area contributed by atoms with E-state index in [2.05, 4.69) is 5.32 Å². The minimum atomic E-state index is -0.137. The fraction of sp³-hybridized carbons (Fsp3) is 0.188. The molecule has 20 heavy (non-hydrogen) atoms. The predicted molar refractivity (Wildman–Crippen MR) is 81.2 cm³/mol. The first-order valence-corrected chi connectivity index (χ1v) is 7.31. The third-order valence-electron chi connectivity index (χ3n) is 3.37. The number of nitrogens with one attached hydrogen (secondary N) is 1. The van der Waals surface area contributed by atoms with Crippen LogP contribution in [0.25, 0.3) is 10.1 Å². The zero-order valence-electron chi connectivity index (χ0n) is 11.3. The Labute approximate surface area is 121 Å². The van der Waals surface area contributed by atoms with E-state index in [9.17, 15) is 4.79 Å². The summed E-state index contributed by atoms with van der Waals surface area (Å²) >= 11 is 1.53. The maximum absolute atomic E-state index is 12.4. The van der Waals surface area contributed by atoms with Gasteiger partial charge in [0.15, 0.2) is 0 Å². The van der Waals surface area contributed by atoms with E-state index in [0.717, 1.165) is 26.3 Å². The smallest absolute Gasteiger partial charge is 0.262 e. The van der Waals surface area contributed by atoms with Crippen molar-refractivity contribution >= 4 is 27.3 Å². The number of furan rings is 1. The number of fused-ring (bicyclic) bond motifs is 1. The molecule has 0 aliphatic rings. The van der Waals surface area contributed by atoms with Gasteiger partial charge >= 0.3 is 0 Å². The zero-order chi connectivity index (χ0) is 14.1. The van der Waals surface area contributed by atoms with Crippen LogP contribution in [-0.2, 0) is 0 Å². The van der Waals surface area contributed by atoms with Crippen molar-refractivity contribution in [1.29, 1.82) is 0 Å². The number of rotatable bonds is 3. The lowest BCUT2D eigenvalue weighted by Gasteiger charge is -2.10. The quantitative estimate of drug-likeness (QED) is 0.780. The second-order valence-electron chi connectivity index (χ2n) is 4.76. The molecule has 2 heterocycles.